The molecule has 186 valence electrons. The second-order valence-corrected chi connectivity index (χ2v) is 10.8. The lowest BCUT2D eigenvalue weighted by Crippen LogP contribution is -2.37. The fraction of sp³-hybridized carbons (Fsp3) is 0.407. The number of aryl methyl sites for hydroxylation is 2. The Hall–Kier alpha value is -2.78. The second-order valence-electron chi connectivity index (χ2n) is 9.97. The highest BCUT2D eigenvalue weighted by Crippen LogP contribution is 2.31. The maximum absolute atomic E-state index is 13.1. The van der Waals surface area contributed by atoms with E-state index in [9.17, 15) is 9.90 Å². The van der Waals surface area contributed by atoms with E-state index < -0.39 is 6.10 Å². The molecule has 3 aromatic heterocycles. The molecule has 0 amide bonds. The van der Waals surface area contributed by atoms with Crippen molar-refractivity contribution in [2.24, 2.45) is 0 Å². The lowest BCUT2D eigenvalue weighted by Gasteiger charge is -2.26. The zero-order valence-corrected chi connectivity index (χ0v) is 21.7. The molecule has 0 aliphatic rings. The molecule has 0 saturated carbocycles. The molecule has 0 fully saturated rings. The zero-order chi connectivity index (χ0) is 25.2. The molecule has 0 saturated heterocycles. The third-order valence-electron chi connectivity index (χ3n) is 5.82. The zero-order valence-electron chi connectivity index (χ0n) is 20.9. The molecule has 0 spiro atoms. The van der Waals surface area contributed by atoms with Crippen LogP contribution in [0.3, 0.4) is 0 Å². The number of thiophene rings is 1. The molecule has 0 aliphatic carbocycles. The Morgan fingerprint density at radius 1 is 1.20 bits per heavy atom. The van der Waals surface area contributed by atoms with Crippen LogP contribution in [0.25, 0.3) is 21.3 Å². The van der Waals surface area contributed by atoms with Crippen molar-refractivity contribution < 1.29 is 14.3 Å². The van der Waals surface area contributed by atoms with Crippen LogP contribution in [0, 0.1) is 13.8 Å². The van der Waals surface area contributed by atoms with Crippen LogP contribution in [0.2, 0.25) is 0 Å². The highest BCUT2D eigenvalue weighted by molar-refractivity contribution is 7.17. The molecule has 8 heteroatoms. The van der Waals surface area contributed by atoms with Gasteiger partial charge in [0.15, 0.2) is 0 Å². The van der Waals surface area contributed by atoms with Crippen LogP contribution in [0.5, 0.6) is 0 Å². The van der Waals surface area contributed by atoms with Crippen LogP contribution in [0.1, 0.15) is 43.5 Å². The summed E-state index contributed by atoms with van der Waals surface area (Å²) >= 11 is 1.47. The molecule has 1 aromatic carbocycles. The SMILES string of the molecule is Cc1ccc(-c2csc3nc(CN(Cc4ccco4)C[C@H](O)COC(C)(C)C)[nH]c(=O)c23)cc1C. The summed E-state index contributed by atoms with van der Waals surface area (Å²) in [6.07, 6.45) is 0.927. The first-order chi connectivity index (χ1) is 16.6. The minimum absolute atomic E-state index is 0.158. The number of rotatable bonds is 9. The van der Waals surface area contributed by atoms with Gasteiger partial charge < -0.3 is 19.2 Å². The van der Waals surface area contributed by atoms with Gasteiger partial charge in [0.05, 0.1) is 43.1 Å². The van der Waals surface area contributed by atoms with Gasteiger partial charge in [0.25, 0.3) is 5.56 Å². The number of ether oxygens (including phenoxy) is 1. The van der Waals surface area contributed by atoms with Crippen molar-refractivity contribution in [2.75, 3.05) is 13.2 Å². The molecule has 0 radical (unpaired) electrons. The molecule has 1 atom stereocenters. The van der Waals surface area contributed by atoms with E-state index in [1.54, 1.807) is 6.26 Å². The summed E-state index contributed by atoms with van der Waals surface area (Å²) in [7, 11) is 0. The Morgan fingerprint density at radius 2 is 2.00 bits per heavy atom. The largest absolute Gasteiger partial charge is 0.468 e. The van der Waals surface area contributed by atoms with E-state index in [1.165, 1.54) is 22.5 Å². The predicted octanol–water partition coefficient (Wildman–Crippen LogP) is 5.04. The summed E-state index contributed by atoms with van der Waals surface area (Å²) in [6, 6.07) is 9.95. The molecular weight excluding hydrogens is 462 g/mol. The summed E-state index contributed by atoms with van der Waals surface area (Å²) in [5.41, 5.74) is 3.82. The van der Waals surface area contributed by atoms with Crippen molar-refractivity contribution in [2.45, 2.75) is 59.4 Å². The Bertz CT molecular complexity index is 1330. The highest BCUT2D eigenvalue weighted by atomic mass is 32.1. The Balaban J connectivity index is 1.58. The maximum atomic E-state index is 13.1. The number of H-pyrrole nitrogens is 1. The summed E-state index contributed by atoms with van der Waals surface area (Å²) in [5, 5.41) is 13.2. The summed E-state index contributed by atoms with van der Waals surface area (Å²) in [5.74, 6) is 1.32. The molecule has 7 nitrogen and oxygen atoms in total. The first kappa shape index (κ1) is 25.3. The molecule has 0 bridgehead atoms. The first-order valence-electron chi connectivity index (χ1n) is 11.7. The number of aliphatic hydroxyl groups excluding tert-OH is 1. The molecule has 4 aromatic rings. The van der Waals surface area contributed by atoms with Crippen LogP contribution < -0.4 is 5.56 Å². The number of nitrogens with zero attached hydrogens (tertiary/aromatic N) is 2. The number of hydrogen-bond acceptors (Lipinski definition) is 7. The first-order valence-corrected chi connectivity index (χ1v) is 12.6. The molecule has 0 unspecified atom stereocenters. The third kappa shape index (κ3) is 6.46. The standard InChI is InChI=1S/C27H33N3O4S/c1-17-8-9-19(11-18(17)2)22-16-35-26-24(22)25(32)28-23(29-26)14-30(13-21-7-6-10-33-21)12-20(31)15-34-27(3,4)5/h6-11,16,20,31H,12-15H2,1-5H3,(H,28,29,32)/t20-/m0/s1. The normalized spacial score (nSPS) is 13.1. The quantitative estimate of drug-likeness (QED) is 0.338. The number of benzene rings is 1. The number of furan rings is 1. The molecule has 4 rings (SSSR count). The predicted molar refractivity (Wildman–Crippen MR) is 140 cm³/mol. The Morgan fingerprint density at radius 3 is 2.69 bits per heavy atom. The van der Waals surface area contributed by atoms with Gasteiger partial charge in [0.1, 0.15) is 16.4 Å². The summed E-state index contributed by atoms with van der Waals surface area (Å²) in [6.45, 7) is 11.4. The number of nitrogens with one attached hydrogen (secondary N) is 1. The number of aromatic amines is 1. The molecule has 0 aliphatic heterocycles. The summed E-state index contributed by atoms with van der Waals surface area (Å²) < 4.78 is 11.3. The number of hydrogen-bond donors (Lipinski definition) is 2. The topological polar surface area (TPSA) is 91.6 Å². The molecule has 35 heavy (non-hydrogen) atoms. The monoisotopic (exact) mass is 495 g/mol. The van der Waals surface area contributed by atoms with Gasteiger partial charge in [-0.15, -0.1) is 11.3 Å². The van der Waals surface area contributed by atoms with Gasteiger partial charge in [-0.3, -0.25) is 9.69 Å². The minimum Gasteiger partial charge on any atom is -0.468 e. The Kier molecular flexibility index (Phi) is 7.56. The van der Waals surface area contributed by atoms with Gasteiger partial charge in [0, 0.05) is 17.5 Å². The second kappa shape index (κ2) is 10.5. The molecule has 3 heterocycles. The number of aromatic nitrogens is 2. The van der Waals surface area contributed by atoms with Gasteiger partial charge in [-0.1, -0.05) is 18.2 Å². The van der Waals surface area contributed by atoms with Gasteiger partial charge >= 0.3 is 0 Å². The fourth-order valence-corrected chi connectivity index (χ4v) is 4.87. The summed E-state index contributed by atoms with van der Waals surface area (Å²) in [4.78, 5) is 23.6. The van der Waals surface area contributed by atoms with Crippen LogP contribution in [0.4, 0.5) is 0 Å². The van der Waals surface area contributed by atoms with Crippen molar-refractivity contribution in [1.82, 2.24) is 14.9 Å². The van der Waals surface area contributed by atoms with Gasteiger partial charge in [0.2, 0.25) is 0 Å². The Labute approximate surface area is 209 Å². The average molecular weight is 496 g/mol. The van der Waals surface area contributed by atoms with E-state index in [-0.39, 0.29) is 17.8 Å². The van der Waals surface area contributed by atoms with Gasteiger partial charge in [-0.2, -0.15) is 0 Å². The van der Waals surface area contributed by atoms with Crippen LogP contribution in [-0.4, -0.2) is 44.8 Å². The van der Waals surface area contributed by atoms with Crippen molar-refractivity contribution in [1.29, 1.82) is 0 Å². The molecular formula is C27H33N3O4S. The van der Waals surface area contributed by atoms with Crippen molar-refractivity contribution >= 4 is 21.6 Å². The number of fused-ring (bicyclic) bond motifs is 1. The van der Waals surface area contributed by atoms with E-state index in [1.807, 2.05) is 49.3 Å². The van der Waals surface area contributed by atoms with Crippen molar-refractivity contribution in [3.8, 4) is 11.1 Å². The van der Waals surface area contributed by atoms with Crippen molar-refractivity contribution in [3.63, 3.8) is 0 Å². The minimum atomic E-state index is -0.697. The highest BCUT2D eigenvalue weighted by Gasteiger charge is 2.20. The van der Waals surface area contributed by atoms with Gasteiger partial charge in [-0.05, 0) is 63.4 Å². The number of aliphatic hydroxyl groups is 1. The smallest absolute Gasteiger partial charge is 0.260 e. The van der Waals surface area contributed by atoms with Crippen LogP contribution in [-0.2, 0) is 17.8 Å². The lowest BCUT2D eigenvalue weighted by molar-refractivity contribution is -0.0577. The van der Waals surface area contributed by atoms with E-state index in [0.717, 1.165) is 16.9 Å². The average Bonchev–Trinajstić information content (AvgIpc) is 3.44. The fourth-order valence-electron chi connectivity index (χ4n) is 3.91. The van der Waals surface area contributed by atoms with Crippen molar-refractivity contribution in [3.05, 3.63) is 75.0 Å². The van der Waals surface area contributed by atoms with Gasteiger partial charge in [-0.25, -0.2) is 4.98 Å². The van der Waals surface area contributed by atoms with E-state index >= 15 is 0 Å². The van der Waals surface area contributed by atoms with E-state index in [4.69, 9.17) is 14.1 Å². The van der Waals surface area contributed by atoms with Crippen LogP contribution >= 0.6 is 11.3 Å². The van der Waals surface area contributed by atoms with E-state index in [2.05, 4.69) is 31.0 Å². The maximum Gasteiger partial charge on any atom is 0.260 e. The lowest BCUT2D eigenvalue weighted by atomic mass is 10.0. The van der Waals surface area contributed by atoms with Crippen LogP contribution in [0.15, 0.2) is 51.2 Å². The third-order valence-corrected chi connectivity index (χ3v) is 6.69. The van der Waals surface area contributed by atoms with E-state index in [0.29, 0.717) is 35.7 Å². The molecule has 2 N–H and O–H groups in total.